The van der Waals surface area contributed by atoms with E-state index in [1.54, 1.807) is 6.07 Å². The van der Waals surface area contributed by atoms with Crippen molar-refractivity contribution in [1.29, 1.82) is 0 Å². The number of ether oxygens (including phenoxy) is 1. The summed E-state index contributed by atoms with van der Waals surface area (Å²) in [7, 11) is 0. The summed E-state index contributed by atoms with van der Waals surface area (Å²) in [4.78, 5) is 13.9. The second-order valence-corrected chi connectivity index (χ2v) is 4.61. The molecule has 1 heterocycles. The van der Waals surface area contributed by atoms with Crippen molar-refractivity contribution in [2.45, 2.75) is 26.3 Å². The molecule has 0 saturated carbocycles. The summed E-state index contributed by atoms with van der Waals surface area (Å²) in [6.45, 7) is 4.84. The number of anilines is 1. The first-order valence-electron chi connectivity index (χ1n) is 6.47. The molecule has 1 aromatic rings. The minimum atomic E-state index is 0.0661. The summed E-state index contributed by atoms with van der Waals surface area (Å²) >= 11 is 0. The van der Waals surface area contributed by atoms with Crippen molar-refractivity contribution in [3.63, 3.8) is 0 Å². The van der Waals surface area contributed by atoms with Gasteiger partial charge in [0.1, 0.15) is 0 Å². The first-order chi connectivity index (χ1) is 8.72. The Labute approximate surface area is 108 Å². The molecule has 0 aromatic heterocycles. The zero-order valence-electron chi connectivity index (χ0n) is 10.8. The molecule has 98 valence electrons. The molecule has 0 fully saturated rings. The van der Waals surface area contributed by atoms with Gasteiger partial charge >= 0.3 is 0 Å². The largest absolute Gasteiger partial charge is 0.399 e. The van der Waals surface area contributed by atoms with Crippen molar-refractivity contribution in [2.75, 3.05) is 25.5 Å². The van der Waals surface area contributed by atoms with Crippen molar-refractivity contribution in [3.05, 3.63) is 29.3 Å². The third kappa shape index (κ3) is 2.82. The molecular formula is C14H20N2O2. The van der Waals surface area contributed by atoms with E-state index in [-0.39, 0.29) is 5.91 Å². The van der Waals surface area contributed by atoms with Crippen LogP contribution >= 0.6 is 0 Å². The van der Waals surface area contributed by atoms with E-state index in [9.17, 15) is 4.79 Å². The predicted molar refractivity (Wildman–Crippen MR) is 71.3 cm³/mol. The zero-order valence-corrected chi connectivity index (χ0v) is 10.8. The molecule has 0 unspecified atom stereocenters. The van der Waals surface area contributed by atoms with Gasteiger partial charge < -0.3 is 15.4 Å². The molecule has 0 bridgehead atoms. The molecule has 4 nitrogen and oxygen atoms in total. The van der Waals surface area contributed by atoms with E-state index in [0.717, 1.165) is 30.6 Å². The quantitative estimate of drug-likeness (QED) is 0.619. The van der Waals surface area contributed by atoms with Gasteiger partial charge in [0.25, 0.3) is 5.91 Å². The van der Waals surface area contributed by atoms with Crippen LogP contribution in [0.25, 0.3) is 0 Å². The Hall–Kier alpha value is -1.55. The summed E-state index contributed by atoms with van der Waals surface area (Å²) in [5.74, 6) is 0.0661. The van der Waals surface area contributed by atoms with E-state index in [4.69, 9.17) is 10.5 Å². The Morgan fingerprint density at radius 2 is 2.22 bits per heavy atom. The van der Waals surface area contributed by atoms with E-state index < -0.39 is 0 Å². The monoisotopic (exact) mass is 248 g/mol. The highest BCUT2D eigenvalue weighted by Crippen LogP contribution is 2.24. The van der Waals surface area contributed by atoms with Crippen molar-refractivity contribution in [2.24, 2.45) is 0 Å². The Morgan fingerprint density at radius 3 is 3.00 bits per heavy atom. The lowest BCUT2D eigenvalue weighted by atomic mass is 10.1. The molecule has 1 aliphatic rings. The summed E-state index contributed by atoms with van der Waals surface area (Å²) in [5.41, 5.74) is 8.14. The van der Waals surface area contributed by atoms with Gasteiger partial charge in [0, 0.05) is 30.9 Å². The minimum absolute atomic E-state index is 0.0661. The van der Waals surface area contributed by atoms with Crippen LogP contribution in [-0.2, 0) is 11.3 Å². The Balaban J connectivity index is 1.85. The molecule has 1 amide bonds. The fraction of sp³-hybridized carbons (Fsp3) is 0.500. The maximum absolute atomic E-state index is 12.1. The third-order valence-electron chi connectivity index (χ3n) is 3.16. The van der Waals surface area contributed by atoms with Gasteiger partial charge in [0.2, 0.25) is 0 Å². The van der Waals surface area contributed by atoms with Gasteiger partial charge in [-0.05, 0) is 24.1 Å². The number of nitrogen functional groups attached to an aromatic ring is 1. The van der Waals surface area contributed by atoms with Crippen LogP contribution in [0.2, 0.25) is 0 Å². The van der Waals surface area contributed by atoms with Gasteiger partial charge in [-0.3, -0.25) is 4.79 Å². The molecular weight excluding hydrogens is 228 g/mol. The maximum atomic E-state index is 12.1. The van der Waals surface area contributed by atoms with Crippen molar-refractivity contribution >= 4 is 11.6 Å². The number of rotatable bonds is 6. The van der Waals surface area contributed by atoms with E-state index >= 15 is 0 Å². The second kappa shape index (κ2) is 5.87. The summed E-state index contributed by atoms with van der Waals surface area (Å²) < 4.78 is 5.49. The van der Waals surface area contributed by atoms with Crippen LogP contribution in [0.15, 0.2) is 18.2 Å². The average molecular weight is 248 g/mol. The molecule has 0 radical (unpaired) electrons. The maximum Gasteiger partial charge on any atom is 0.254 e. The van der Waals surface area contributed by atoms with Crippen LogP contribution in [-0.4, -0.2) is 30.6 Å². The minimum Gasteiger partial charge on any atom is -0.399 e. The number of nitrogens with two attached hydrogens (primary N) is 1. The number of benzene rings is 1. The van der Waals surface area contributed by atoms with E-state index in [1.165, 1.54) is 0 Å². The van der Waals surface area contributed by atoms with Crippen molar-refractivity contribution in [3.8, 4) is 0 Å². The number of fused-ring (bicyclic) bond motifs is 1. The number of nitrogens with zero attached hydrogens (tertiary/aromatic N) is 1. The zero-order chi connectivity index (χ0) is 13.0. The lowest BCUT2D eigenvalue weighted by molar-refractivity contribution is 0.0660. The van der Waals surface area contributed by atoms with E-state index in [1.807, 2.05) is 17.0 Å². The van der Waals surface area contributed by atoms with Crippen LogP contribution in [0.1, 0.15) is 35.7 Å². The van der Waals surface area contributed by atoms with Crippen LogP contribution in [0, 0.1) is 0 Å². The Bertz CT molecular complexity index is 432. The molecule has 2 rings (SSSR count). The van der Waals surface area contributed by atoms with Crippen LogP contribution in [0.3, 0.4) is 0 Å². The van der Waals surface area contributed by atoms with Gasteiger partial charge in [0.05, 0.1) is 6.61 Å². The second-order valence-electron chi connectivity index (χ2n) is 4.61. The number of hydrogen-bond donors (Lipinski definition) is 1. The molecule has 1 aromatic carbocycles. The normalized spacial score (nSPS) is 14.1. The summed E-state index contributed by atoms with van der Waals surface area (Å²) in [6.07, 6.45) is 2.21. The third-order valence-corrected chi connectivity index (χ3v) is 3.16. The first kappa shape index (κ1) is 12.9. The van der Waals surface area contributed by atoms with Crippen LogP contribution < -0.4 is 5.73 Å². The fourth-order valence-corrected chi connectivity index (χ4v) is 2.08. The van der Waals surface area contributed by atoms with Gasteiger partial charge in [0.15, 0.2) is 0 Å². The van der Waals surface area contributed by atoms with E-state index in [0.29, 0.717) is 25.4 Å². The number of amides is 1. The van der Waals surface area contributed by atoms with Crippen molar-refractivity contribution in [1.82, 2.24) is 4.90 Å². The number of unbranched alkanes of at least 4 members (excludes halogenated alkanes) is 1. The molecule has 1 aliphatic heterocycles. The van der Waals surface area contributed by atoms with Crippen LogP contribution in [0.4, 0.5) is 5.69 Å². The average Bonchev–Trinajstić information content (AvgIpc) is 2.67. The Kier molecular flexibility index (Phi) is 4.20. The molecule has 0 saturated heterocycles. The summed E-state index contributed by atoms with van der Waals surface area (Å²) in [5, 5.41) is 0. The topological polar surface area (TPSA) is 55.6 Å². The number of carbonyl (C=O) groups is 1. The van der Waals surface area contributed by atoms with Gasteiger partial charge in [-0.25, -0.2) is 0 Å². The van der Waals surface area contributed by atoms with Crippen molar-refractivity contribution < 1.29 is 9.53 Å². The standard InChI is InChI=1S/C14H20N2O2/c1-2-3-7-18-8-6-16-10-11-4-5-12(15)9-13(11)14(16)17/h4-5,9H,2-3,6-8,10,15H2,1H3. The highest BCUT2D eigenvalue weighted by atomic mass is 16.5. The SMILES string of the molecule is CCCCOCCN1Cc2ccc(N)cc2C1=O. The lowest BCUT2D eigenvalue weighted by Crippen LogP contribution is -2.28. The molecule has 2 N–H and O–H groups in total. The molecule has 18 heavy (non-hydrogen) atoms. The smallest absolute Gasteiger partial charge is 0.254 e. The highest BCUT2D eigenvalue weighted by molar-refractivity contribution is 5.99. The number of hydrogen-bond acceptors (Lipinski definition) is 3. The molecule has 0 atom stereocenters. The number of carbonyl (C=O) groups excluding carboxylic acids is 1. The summed E-state index contributed by atoms with van der Waals surface area (Å²) in [6, 6.07) is 5.53. The first-order valence-corrected chi connectivity index (χ1v) is 6.47. The molecule has 0 aliphatic carbocycles. The Morgan fingerprint density at radius 1 is 1.39 bits per heavy atom. The van der Waals surface area contributed by atoms with Gasteiger partial charge in [-0.2, -0.15) is 0 Å². The fourth-order valence-electron chi connectivity index (χ4n) is 2.08. The van der Waals surface area contributed by atoms with E-state index in [2.05, 4.69) is 6.92 Å². The molecule has 4 heteroatoms. The molecule has 0 spiro atoms. The van der Waals surface area contributed by atoms with Gasteiger partial charge in [-0.15, -0.1) is 0 Å². The predicted octanol–water partition coefficient (Wildman–Crippen LogP) is 2.04. The lowest BCUT2D eigenvalue weighted by Gasteiger charge is -2.15. The van der Waals surface area contributed by atoms with Crippen LogP contribution in [0.5, 0.6) is 0 Å². The highest BCUT2D eigenvalue weighted by Gasteiger charge is 2.26. The van der Waals surface area contributed by atoms with Gasteiger partial charge in [-0.1, -0.05) is 19.4 Å².